The molecule has 2 atom stereocenters. The van der Waals surface area contributed by atoms with E-state index in [9.17, 15) is 33.0 Å². The summed E-state index contributed by atoms with van der Waals surface area (Å²) < 4.78 is 41.8. The number of aliphatic hydroxyl groups is 1. The molecule has 0 saturated carbocycles. The van der Waals surface area contributed by atoms with Gasteiger partial charge in [0.05, 0.1) is 18.0 Å². The van der Waals surface area contributed by atoms with Gasteiger partial charge in [0.15, 0.2) is 0 Å². The highest BCUT2D eigenvalue weighted by Gasteiger charge is 2.31. The number of aliphatic hydroxyl groups excluding tert-OH is 1. The summed E-state index contributed by atoms with van der Waals surface area (Å²) in [6, 6.07) is 19.2. The first-order valence-electron chi connectivity index (χ1n) is 11.3. The molecule has 4 rings (SSSR count). The summed E-state index contributed by atoms with van der Waals surface area (Å²) in [5, 5.41) is 28.3. The average Bonchev–Trinajstić information content (AvgIpc) is 2.87. The van der Waals surface area contributed by atoms with Crippen LogP contribution in [0, 0.1) is 5.92 Å². The van der Waals surface area contributed by atoms with Crippen molar-refractivity contribution in [1.82, 2.24) is 15.0 Å². The number of alkyl halides is 3. The zero-order valence-electron chi connectivity index (χ0n) is 19.3. The van der Waals surface area contributed by atoms with Gasteiger partial charge in [0, 0.05) is 0 Å². The first-order chi connectivity index (χ1) is 17.6. The number of hydrogen-bond donors (Lipinski definition) is 2. The van der Waals surface area contributed by atoms with Crippen molar-refractivity contribution < 1.29 is 32.9 Å². The number of carbonyl (C=O) groups is 1. The van der Waals surface area contributed by atoms with Crippen LogP contribution in [-0.4, -0.2) is 43.6 Å². The van der Waals surface area contributed by atoms with Gasteiger partial charge in [-0.15, -0.1) is 18.3 Å². The van der Waals surface area contributed by atoms with Crippen LogP contribution in [0.2, 0.25) is 0 Å². The number of fused-ring (bicyclic) bond motifs is 1. The molecule has 8 nitrogen and oxygen atoms in total. The second kappa shape index (κ2) is 10.8. The molecule has 0 saturated heterocycles. The molecule has 192 valence electrons. The minimum Gasteiger partial charge on any atom is -0.481 e. The topological polar surface area (TPSA) is 115 Å². The number of aromatic nitrogens is 3. The van der Waals surface area contributed by atoms with E-state index in [2.05, 4.69) is 15.0 Å². The average molecular weight is 513 g/mol. The SMILES string of the molecule is O=C(O)[C@@H](Cn1nnc2ccccc2c1=O)[C@H](O)CCc1ccc(-c2ccc(OC(F)(F)F)cc2)cc1. The van der Waals surface area contributed by atoms with Crippen molar-refractivity contribution in [3.05, 3.63) is 88.7 Å². The van der Waals surface area contributed by atoms with Gasteiger partial charge in [-0.25, -0.2) is 4.68 Å². The van der Waals surface area contributed by atoms with Crippen LogP contribution < -0.4 is 10.3 Å². The van der Waals surface area contributed by atoms with E-state index in [-0.39, 0.29) is 18.7 Å². The Morgan fingerprint density at radius 1 is 0.973 bits per heavy atom. The third-order valence-electron chi connectivity index (χ3n) is 5.88. The predicted molar refractivity (Wildman–Crippen MR) is 128 cm³/mol. The van der Waals surface area contributed by atoms with E-state index in [0.29, 0.717) is 22.9 Å². The maximum atomic E-state index is 12.6. The summed E-state index contributed by atoms with van der Waals surface area (Å²) in [5.74, 6) is -2.85. The van der Waals surface area contributed by atoms with Crippen LogP contribution in [0.15, 0.2) is 77.6 Å². The van der Waals surface area contributed by atoms with E-state index in [1.54, 1.807) is 48.5 Å². The van der Waals surface area contributed by atoms with Gasteiger partial charge in [0.25, 0.3) is 5.56 Å². The molecule has 0 fully saturated rings. The number of carboxylic acids is 1. The van der Waals surface area contributed by atoms with Crippen LogP contribution in [0.3, 0.4) is 0 Å². The fourth-order valence-corrected chi connectivity index (χ4v) is 3.92. The lowest BCUT2D eigenvalue weighted by Crippen LogP contribution is -2.37. The van der Waals surface area contributed by atoms with Crippen LogP contribution in [0.4, 0.5) is 13.2 Å². The molecule has 2 N–H and O–H groups in total. The fourth-order valence-electron chi connectivity index (χ4n) is 3.92. The third-order valence-corrected chi connectivity index (χ3v) is 5.88. The van der Waals surface area contributed by atoms with Crippen LogP contribution in [0.1, 0.15) is 12.0 Å². The lowest BCUT2D eigenvalue weighted by atomic mass is 9.95. The maximum absolute atomic E-state index is 12.6. The van der Waals surface area contributed by atoms with Crippen molar-refractivity contribution in [3.63, 3.8) is 0 Å². The summed E-state index contributed by atoms with van der Waals surface area (Å²) in [5.41, 5.74) is 2.18. The van der Waals surface area contributed by atoms with Crippen molar-refractivity contribution in [2.75, 3.05) is 0 Å². The van der Waals surface area contributed by atoms with Gasteiger partial charge in [-0.2, -0.15) is 0 Å². The summed E-state index contributed by atoms with van der Waals surface area (Å²) in [4.78, 5) is 24.5. The molecule has 0 spiro atoms. The fraction of sp³-hybridized carbons (Fsp3) is 0.231. The number of ether oxygens (including phenoxy) is 1. The Kier molecular flexibility index (Phi) is 7.53. The molecule has 0 unspecified atom stereocenters. The molecule has 0 aliphatic rings. The Bertz CT molecular complexity index is 1440. The molecule has 4 aromatic rings. The number of rotatable bonds is 9. The largest absolute Gasteiger partial charge is 0.573 e. The number of nitrogens with zero attached hydrogens (tertiary/aromatic N) is 3. The highest BCUT2D eigenvalue weighted by molar-refractivity contribution is 5.76. The van der Waals surface area contributed by atoms with E-state index in [0.717, 1.165) is 15.8 Å². The van der Waals surface area contributed by atoms with E-state index in [1.807, 2.05) is 0 Å². The van der Waals surface area contributed by atoms with E-state index >= 15 is 0 Å². The Morgan fingerprint density at radius 2 is 1.59 bits per heavy atom. The van der Waals surface area contributed by atoms with Crippen molar-refractivity contribution in [2.45, 2.75) is 31.9 Å². The lowest BCUT2D eigenvalue weighted by Gasteiger charge is -2.19. The molecule has 0 aliphatic carbocycles. The predicted octanol–water partition coefficient (Wildman–Crippen LogP) is 4.05. The monoisotopic (exact) mass is 513 g/mol. The summed E-state index contributed by atoms with van der Waals surface area (Å²) in [7, 11) is 0. The van der Waals surface area contributed by atoms with Gasteiger partial charge in [-0.05, 0) is 53.8 Å². The van der Waals surface area contributed by atoms with Crippen LogP contribution in [0.25, 0.3) is 22.0 Å². The number of hydrogen-bond acceptors (Lipinski definition) is 6. The molecule has 0 aliphatic heterocycles. The maximum Gasteiger partial charge on any atom is 0.573 e. The minimum absolute atomic E-state index is 0.121. The molecule has 0 amide bonds. The summed E-state index contributed by atoms with van der Waals surface area (Å²) >= 11 is 0. The van der Waals surface area contributed by atoms with Gasteiger partial charge < -0.3 is 14.9 Å². The van der Waals surface area contributed by atoms with Gasteiger partial charge in [-0.3, -0.25) is 9.59 Å². The van der Waals surface area contributed by atoms with E-state index < -0.39 is 29.9 Å². The van der Waals surface area contributed by atoms with Gasteiger partial charge >= 0.3 is 12.3 Å². The van der Waals surface area contributed by atoms with Crippen molar-refractivity contribution in [3.8, 4) is 16.9 Å². The number of halogens is 3. The van der Waals surface area contributed by atoms with Crippen LogP contribution >= 0.6 is 0 Å². The highest BCUT2D eigenvalue weighted by Crippen LogP contribution is 2.27. The molecule has 1 aromatic heterocycles. The standard InChI is InChI=1S/C26H22F3N3O5/c27-26(28,29)37-19-12-10-18(11-13-19)17-8-5-16(6-9-17)7-14-23(33)21(25(35)36)15-32-24(34)20-3-1-2-4-22(20)30-31-32/h1-6,8-13,21,23,33H,7,14-15H2,(H,35,36)/t21-,23+/m0/s1. The van der Waals surface area contributed by atoms with Crippen LogP contribution in [-0.2, 0) is 17.8 Å². The molecular weight excluding hydrogens is 491 g/mol. The van der Waals surface area contributed by atoms with E-state index in [4.69, 9.17) is 0 Å². The zero-order valence-corrected chi connectivity index (χ0v) is 19.3. The Balaban J connectivity index is 1.39. The Morgan fingerprint density at radius 3 is 2.22 bits per heavy atom. The first-order valence-corrected chi connectivity index (χ1v) is 11.3. The molecule has 0 bridgehead atoms. The molecule has 37 heavy (non-hydrogen) atoms. The second-order valence-electron chi connectivity index (χ2n) is 8.41. The molecule has 11 heteroatoms. The Labute approximate surface area is 208 Å². The first kappa shape index (κ1) is 25.8. The minimum atomic E-state index is -4.76. The smallest absolute Gasteiger partial charge is 0.481 e. The van der Waals surface area contributed by atoms with Crippen molar-refractivity contribution >= 4 is 16.9 Å². The highest BCUT2D eigenvalue weighted by atomic mass is 19.4. The number of benzene rings is 3. The quantitative estimate of drug-likeness (QED) is 0.347. The molecular formula is C26H22F3N3O5. The number of aliphatic carboxylic acids is 1. The van der Waals surface area contributed by atoms with Crippen molar-refractivity contribution in [1.29, 1.82) is 0 Å². The van der Waals surface area contributed by atoms with Crippen LogP contribution in [0.5, 0.6) is 5.75 Å². The zero-order chi connectivity index (χ0) is 26.6. The third kappa shape index (κ3) is 6.50. The van der Waals surface area contributed by atoms with Crippen molar-refractivity contribution in [2.24, 2.45) is 5.92 Å². The van der Waals surface area contributed by atoms with Gasteiger partial charge in [0.2, 0.25) is 0 Å². The number of carboxylic acid groups (broad SMARTS) is 1. The second-order valence-corrected chi connectivity index (χ2v) is 8.41. The molecule has 3 aromatic carbocycles. The summed E-state index contributed by atoms with van der Waals surface area (Å²) in [6.45, 7) is -0.333. The Hall–Kier alpha value is -4.25. The lowest BCUT2D eigenvalue weighted by molar-refractivity contribution is -0.274. The van der Waals surface area contributed by atoms with Gasteiger partial charge in [0.1, 0.15) is 17.2 Å². The number of aryl methyl sites for hydroxylation is 1. The molecule has 0 radical (unpaired) electrons. The molecule has 1 heterocycles. The normalized spacial score (nSPS) is 13.3. The van der Waals surface area contributed by atoms with E-state index in [1.165, 1.54) is 24.3 Å². The summed E-state index contributed by atoms with van der Waals surface area (Å²) in [6.07, 6.45) is -5.53. The van der Waals surface area contributed by atoms with Gasteiger partial charge in [-0.1, -0.05) is 53.7 Å².